The number of nitrogens with zero attached hydrogens (tertiary/aromatic N) is 1. The van der Waals surface area contributed by atoms with Gasteiger partial charge in [-0.15, -0.1) is 0 Å². The average molecular weight is 477 g/mol. The molecule has 162 valence electrons. The first-order chi connectivity index (χ1) is 14.3. The number of benzene rings is 2. The van der Waals surface area contributed by atoms with E-state index >= 15 is 0 Å². The maximum absolute atomic E-state index is 11.3. The second-order valence-corrected chi connectivity index (χ2v) is 7.73. The summed E-state index contributed by atoms with van der Waals surface area (Å²) in [4.78, 5) is 18.4. The average Bonchev–Trinajstić information content (AvgIpc) is 3.21. The van der Waals surface area contributed by atoms with Crippen molar-refractivity contribution in [2.75, 3.05) is 28.4 Å². The summed E-state index contributed by atoms with van der Waals surface area (Å²) in [6, 6.07) is 8.35. The molecule has 0 spiro atoms. The number of phosphoric acid groups is 1. The molecule has 0 saturated carbocycles. The normalized spacial score (nSPS) is 10.8. The van der Waals surface area contributed by atoms with E-state index in [1.165, 1.54) is 46.0 Å². The van der Waals surface area contributed by atoms with Gasteiger partial charge in [0.15, 0.2) is 23.0 Å². The molecule has 0 fully saturated rings. The van der Waals surface area contributed by atoms with Crippen molar-refractivity contribution in [3.63, 3.8) is 0 Å². The minimum absolute atomic E-state index is 0. The third kappa shape index (κ3) is 5.72. The Kier molecular flexibility index (Phi) is 8.79. The van der Waals surface area contributed by atoms with Crippen molar-refractivity contribution in [3.05, 3.63) is 35.7 Å². The predicted octanol–water partition coefficient (Wildman–Crippen LogP) is 3.33. The van der Waals surface area contributed by atoms with Crippen molar-refractivity contribution < 1.29 is 37.8 Å². The third-order valence-corrected chi connectivity index (χ3v) is 5.26. The summed E-state index contributed by atoms with van der Waals surface area (Å²) in [6.45, 7) is 0. The summed E-state index contributed by atoms with van der Waals surface area (Å²) in [5.74, 6) is 1.53. The van der Waals surface area contributed by atoms with Crippen LogP contribution in [0.4, 0.5) is 0 Å². The van der Waals surface area contributed by atoms with Gasteiger partial charge in [-0.1, -0.05) is 6.07 Å². The molecule has 0 atom stereocenters. The van der Waals surface area contributed by atoms with E-state index in [2.05, 4.69) is 4.37 Å². The molecule has 1 aromatic heterocycles. The van der Waals surface area contributed by atoms with Gasteiger partial charge in [-0.05, 0) is 41.4 Å². The number of rotatable bonds is 8. The number of aromatic nitrogens is 1. The van der Waals surface area contributed by atoms with Gasteiger partial charge in [0.2, 0.25) is 5.75 Å². The van der Waals surface area contributed by atoms with Crippen LogP contribution in [0.15, 0.2) is 35.7 Å². The zero-order chi connectivity index (χ0) is 21.9. The Bertz CT molecular complexity index is 1080. The zero-order valence-electron chi connectivity index (χ0n) is 16.6. The minimum atomic E-state index is -4.76. The quantitative estimate of drug-likeness (QED) is 0.372. The van der Waals surface area contributed by atoms with Gasteiger partial charge in [0.05, 0.1) is 34.1 Å². The Morgan fingerprint density at radius 2 is 1.42 bits per heavy atom. The van der Waals surface area contributed by atoms with Crippen LogP contribution in [-0.4, -0.2) is 72.2 Å². The molecule has 0 aliphatic rings. The van der Waals surface area contributed by atoms with Gasteiger partial charge in [-0.25, -0.2) is 4.57 Å². The molecule has 2 N–H and O–H groups in total. The molecule has 3 aromatic rings. The van der Waals surface area contributed by atoms with Crippen LogP contribution in [0.25, 0.3) is 22.4 Å². The molecule has 12 heteroatoms. The van der Waals surface area contributed by atoms with Crippen molar-refractivity contribution in [2.24, 2.45) is 0 Å². The summed E-state index contributed by atoms with van der Waals surface area (Å²) in [5.41, 5.74) is 2.71. The Morgan fingerprint density at radius 3 is 1.94 bits per heavy atom. The van der Waals surface area contributed by atoms with E-state index in [9.17, 15) is 14.4 Å². The van der Waals surface area contributed by atoms with Gasteiger partial charge in [0, 0.05) is 16.5 Å². The second kappa shape index (κ2) is 10.7. The van der Waals surface area contributed by atoms with Gasteiger partial charge in [-0.2, -0.15) is 4.37 Å². The van der Waals surface area contributed by atoms with Gasteiger partial charge in [0.25, 0.3) is 0 Å². The van der Waals surface area contributed by atoms with Crippen molar-refractivity contribution in [1.82, 2.24) is 4.37 Å². The molecule has 3 rings (SSSR count). The van der Waals surface area contributed by atoms with Crippen molar-refractivity contribution in [1.29, 1.82) is 0 Å². The Labute approximate surface area is 205 Å². The van der Waals surface area contributed by atoms with E-state index in [0.29, 0.717) is 34.1 Å². The number of phosphoric ester groups is 1. The van der Waals surface area contributed by atoms with Gasteiger partial charge < -0.3 is 23.5 Å². The molecule has 9 nitrogen and oxygen atoms in total. The van der Waals surface area contributed by atoms with Crippen LogP contribution < -0.4 is 23.5 Å². The Morgan fingerprint density at radius 1 is 0.839 bits per heavy atom. The summed E-state index contributed by atoms with van der Waals surface area (Å²) < 4.78 is 41.9. The van der Waals surface area contributed by atoms with E-state index in [1.807, 2.05) is 5.38 Å². The summed E-state index contributed by atoms with van der Waals surface area (Å²) >= 11 is 1.23. The van der Waals surface area contributed by atoms with E-state index in [0.717, 1.165) is 5.56 Å². The first-order valence-electron chi connectivity index (χ1n) is 8.49. The van der Waals surface area contributed by atoms with Crippen LogP contribution in [0.1, 0.15) is 0 Å². The molecule has 0 amide bonds. The summed E-state index contributed by atoms with van der Waals surface area (Å²) in [5, 5.41) is 1.82. The molecule has 0 saturated heterocycles. The van der Waals surface area contributed by atoms with Gasteiger partial charge in [0.1, 0.15) is 0 Å². The first-order valence-corrected chi connectivity index (χ1v) is 10.9. The standard InChI is InChI=1S/C19H20NO8PS.Na.H/c1-24-14-6-5-11(7-15(14)28-29(21,22)23)13-10-30-20-18(13)12-8-16(25-2)19(27-4)17(9-12)26-3;;/h5-10H,1-4H3,(H2,21,22,23);;. The maximum atomic E-state index is 11.3. The number of methoxy groups -OCH3 is 4. The van der Waals surface area contributed by atoms with Crippen molar-refractivity contribution in [3.8, 4) is 51.1 Å². The first kappa shape index (κ1) is 25.5. The summed E-state index contributed by atoms with van der Waals surface area (Å²) in [7, 11) is 1.19. The fraction of sp³-hybridized carbons (Fsp3) is 0.211. The monoisotopic (exact) mass is 477 g/mol. The topological polar surface area (TPSA) is 117 Å². The molecule has 0 bridgehead atoms. The van der Waals surface area contributed by atoms with E-state index in [-0.39, 0.29) is 41.1 Å². The van der Waals surface area contributed by atoms with E-state index in [1.54, 1.807) is 24.3 Å². The van der Waals surface area contributed by atoms with E-state index < -0.39 is 7.82 Å². The number of ether oxygens (including phenoxy) is 4. The van der Waals surface area contributed by atoms with Crippen LogP contribution >= 0.6 is 19.4 Å². The molecule has 0 radical (unpaired) electrons. The third-order valence-electron chi connectivity index (χ3n) is 4.20. The fourth-order valence-electron chi connectivity index (χ4n) is 2.91. The van der Waals surface area contributed by atoms with Crippen LogP contribution in [0, 0.1) is 0 Å². The number of hydrogen-bond acceptors (Lipinski definition) is 8. The Hall–Kier alpha value is -1.78. The molecule has 2 aromatic carbocycles. The van der Waals surface area contributed by atoms with Crippen molar-refractivity contribution in [2.45, 2.75) is 0 Å². The van der Waals surface area contributed by atoms with Gasteiger partial charge in [-0.3, -0.25) is 9.79 Å². The zero-order valence-corrected chi connectivity index (χ0v) is 18.3. The van der Waals surface area contributed by atoms with Crippen LogP contribution in [0.5, 0.6) is 28.7 Å². The molecular weight excluding hydrogens is 456 g/mol. The molecule has 0 aliphatic heterocycles. The molecule has 0 aliphatic carbocycles. The predicted molar refractivity (Wildman–Crippen MR) is 119 cm³/mol. The SMILES string of the molecule is COc1ccc(-c2csnc2-c2cc(OC)c(OC)c(OC)c2)cc1OP(=O)(O)O.[NaH]. The van der Waals surface area contributed by atoms with Crippen LogP contribution in [-0.2, 0) is 4.57 Å². The molecular formula is C19H21NNaO8PS. The molecule has 0 unspecified atom stereocenters. The molecule has 31 heavy (non-hydrogen) atoms. The second-order valence-electron chi connectivity index (χ2n) is 5.94. The van der Waals surface area contributed by atoms with Crippen LogP contribution in [0.2, 0.25) is 0 Å². The Balaban J connectivity index is 0.00000341. The molecule has 1 heterocycles. The number of hydrogen-bond donors (Lipinski definition) is 2. The fourth-order valence-corrected chi connectivity index (χ4v) is 4.03. The van der Waals surface area contributed by atoms with Crippen LogP contribution in [0.3, 0.4) is 0 Å². The van der Waals surface area contributed by atoms with Gasteiger partial charge >= 0.3 is 37.4 Å². The summed E-state index contributed by atoms with van der Waals surface area (Å²) in [6.07, 6.45) is 0. The van der Waals surface area contributed by atoms with Crippen molar-refractivity contribution >= 4 is 48.9 Å². The van der Waals surface area contributed by atoms with E-state index in [4.69, 9.17) is 23.5 Å².